The van der Waals surface area contributed by atoms with E-state index >= 15 is 0 Å². The van der Waals surface area contributed by atoms with Crippen LogP contribution in [0.3, 0.4) is 0 Å². The molecule has 0 aromatic carbocycles. The fourth-order valence-electron chi connectivity index (χ4n) is 3.29. The highest BCUT2D eigenvalue weighted by atomic mass is 32.2. The van der Waals surface area contributed by atoms with Crippen molar-refractivity contribution in [1.82, 2.24) is 9.97 Å². The van der Waals surface area contributed by atoms with Gasteiger partial charge in [0, 0.05) is 31.7 Å². The van der Waals surface area contributed by atoms with Crippen LogP contribution >= 0.6 is 0 Å². The Morgan fingerprint density at radius 1 is 1.23 bits per heavy atom. The Balaban J connectivity index is 1.91. The van der Waals surface area contributed by atoms with Crippen molar-refractivity contribution in [2.75, 3.05) is 18.0 Å². The first-order chi connectivity index (χ1) is 12.4. The van der Waals surface area contributed by atoms with E-state index in [1.165, 1.54) is 11.8 Å². The number of amidine groups is 1. The summed E-state index contributed by atoms with van der Waals surface area (Å²) >= 11 is 0. The number of rotatable bonds is 4. The third-order valence-electron chi connectivity index (χ3n) is 4.55. The Labute approximate surface area is 152 Å². The molecular weight excluding hydrogens is 354 g/mol. The Morgan fingerprint density at radius 3 is 2.54 bits per heavy atom. The molecule has 138 valence electrons. The Morgan fingerprint density at radius 2 is 1.96 bits per heavy atom. The summed E-state index contributed by atoms with van der Waals surface area (Å²) in [6.07, 6.45) is 6.84. The van der Waals surface area contributed by atoms with Gasteiger partial charge >= 0.3 is 0 Å². The number of piperidine rings is 1. The molecule has 3 heterocycles. The van der Waals surface area contributed by atoms with E-state index in [0.717, 1.165) is 25.9 Å². The molecule has 26 heavy (non-hydrogen) atoms. The van der Waals surface area contributed by atoms with E-state index in [4.69, 9.17) is 16.7 Å². The Hall–Kier alpha value is -2.72. The van der Waals surface area contributed by atoms with Crippen molar-refractivity contribution >= 4 is 21.5 Å². The molecule has 0 unspecified atom stereocenters. The quantitative estimate of drug-likeness (QED) is 0.296. The zero-order valence-corrected chi connectivity index (χ0v) is 14.9. The predicted octanol–water partition coefficient (Wildman–Crippen LogP) is 0.0870. The second-order valence-corrected chi connectivity index (χ2v) is 7.59. The van der Waals surface area contributed by atoms with Crippen LogP contribution in [-0.4, -0.2) is 37.3 Å². The zero-order chi connectivity index (χ0) is 18.7. The molecule has 0 bridgehead atoms. The largest absolute Gasteiger partial charge is 0.382 e. The second kappa shape index (κ2) is 7.26. The van der Waals surface area contributed by atoms with Gasteiger partial charge in [-0.3, -0.25) is 4.98 Å². The Kier molecular flexibility index (Phi) is 5.05. The number of primary sulfonamides is 1. The van der Waals surface area contributed by atoms with Crippen molar-refractivity contribution in [2.24, 2.45) is 21.8 Å². The summed E-state index contributed by atoms with van der Waals surface area (Å²) in [6.45, 7) is 1.44. The fourth-order valence-corrected chi connectivity index (χ4v) is 3.99. The highest BCUT2D eigenvalue weighted by Gasteiger charge is 2.27. The first-order valence-electron chi connectivity index (χ1n) is 8.12. The zero-order valence-electron chi connectivity index (χ0n) is 14.1. The lowest BCUT2D eigenvalue weighted by Crippen LogP contribution is -2.36. The van der Waals surface area contributed by atoms with Crippen LogP contribution in [0.15, 0.2) is 46.9 Å². The van der Waals surface area contributed by atoms with Gasteiger partial charge in [-0.25, -0.2) is 18.5 Å². The highest BCUT2D eigenvalue weighted by Crippen LogP contribution is 2.32. The van der Waals surface area contributed by atoms with E-state index < -0.39 is 10.0 Å². The van der Waals surface area contributed by atoms with Crippen molar-refractivity contribution in [2.45, 2.75) is 23.8 Å². The molecule has 0 saturated carbocycles. The molecule has 2 aromatic heterocycles. The Bertz CT molecular complexity index is 907. The summed E-state index contributed by atoms with van der Waals surface area (Å²) in [6, 6.07) is 5.70. The van der Waals surface area contributed by atoms with Gasteiger partial charge in [0.05, 0.1) is 11.3 Å². The van der Waals surface area contributed by atoms with Crippen LogP contribution in [0.2, 0.25) is 0 Å². The van der Waals surface area contributed by atoms with E-state index in [0.29, 0.717) is 11.6 Å². The van der Waals surface area contributed by atoms with Gasteiger partial charge in [-0.1, -0.05) is 6.07 Å². The molecule has 1 aliphatic heterocycles. The predicted molar refractivity (Wildman–Crippen MR) is 98.9 cm³/mol. The highest BCUT2D eigenvalue weighted by molar-refractivity contribution is 7.89. The molecular formula is C16H21N7O2S. The topological polar surface area (TPSA) is 154 Å². The van der Waals surface area contributed by atoms with Crippen LogP contribution in [0.5, 0.6) is 0 Å². The maximum Gasteiger partial charge on any atom is 0.256 e. The number of pyridine rings is 2. The number of sulfonamides is 1. The van der Waals surface area contributed by atoms with Crippen LogP contribution in [0.25, 0.3) is 0 Å². The minimum Gasteiger partial charge on any atom is -0.382 e. The van der Waals surface area contributed by atoms with Crippen LogP contribution in [-0.2, 0) is 10.0 Å². The lowest BCUT2D eigenvalue weighted by molar-refractivity contribution is 0.504. The van der Waals surface area contributed by atoms with Gasteiger partial charge in [-0.2, -0.15) is 5.10 Å². The van der Waals surface area contributed by atoms with Gasteiger partial charge < -0.3 is 16.5 Å². The van der Waals surface area contributed by atoms with Gasteiger partial charge in [0.2, 0.25) is 0 Å². The molecule has 0 radical (unpaired) electrons. The molecule has 1 saturated heterocycles. The average molecular weight is 375 g/mol. The summed E-state index contributed by atoms with van der Waals surface area (Å²) in [5.74, 6) is 5.57. The summed E-state index contributed by atoms with van der Waals surface area (Å²) in [5.41, 5.74) is 7.81. The minimum absolute atomic E-state index is 0.119. The number of aromatic nitrogens is 2. The number of nitrogens with two attached hydrogens (primary N) is 3. The summed E-state index contributed by atoms with van der Waals surface area (Å²) in [5, 5.41) is 8.41. The maximum atomic E-state index is 11.9. The number of anilines is 1. The minimum atomic E-state index is -4.07. The summed E-state index contributed by atoms with van der Waals surface area (Å²) in [4.78, 5) is 10.1. The molecule has 2 aromatic rings. The lowest BCUT2D eigenvalue weighted by Gasteiger charge is -2.34. The van der Waals surface area contributed by atoms with Crippen molar-refractivity contribution in [1.29, 1.82) is 0 Å². The van der Waals surface area contributed by atoms with E-state index in [9.17, 15) is 8.42 Å². The smallest absolute Gasteiger partial charge is 0.256 e. The maximum absolute atomic E-state index is 11.9. The van der Waals surface area contributed by atoms with Crippen molar-refractivity contribution in [3.63, 3.8) is 0 Å². The third-order valence-corrected chi connectivity index (χ3v) is 5.40. The van der Waals surface area contributed by atoms with Crippen LogP contribution in [0.4, 0.5) is 5.69 Å². The molecule has 1 fully saturated rings. The molecule has 0 spiro atoms. The van der Waals surface area contributed by atoms with E-state index in [-0.39, 0.29) is 16.4 Å². The molecule has 0 atom stereocenters. The first-order valence-corrected chi connectivity index (χ1v) is 9.67. The normalized spacial score (nSPS) is 16.7. The van der Waals surface area contributed by atoms with Crippen molar-refractivity contribution < 1.29 is 8.42 Å². The summed E-state index contributed by atoms with van der Waals surface area (Å²) in [7, 11) is -4.07. The van der Waals surface area contributed by atoms with Gasteiger partial charge in [0.1, 0.15) is 0 Å². The van der Waals surface area contributed by atoms with Crippen LogP contribution in [0, 0.1) is 0 Å². The third kappa shape index (κ3) is 3.60. The standard InChI is InChI=1S/C16H21N7O2S/c17-15(22-18)14-13(3-7-21-16(14)26(19,24)25)23-8-4-11(5-9-23)12-2-1-6-20-10-12/h1-3,6-7,10-11H,4-5,8-9,18H2,(H2,17,22)(H2,19,24,25). The number of hydrazone groups is 1. The van der Waals surface area contributed by atoms with E-state index in [2.05, 4.69) is 26.0 Å². The van der Waals surface area contributed by atoms with E-state index in [1.54, 1.807) is 12.3 Å². The van der Waals surface area contributed by atoms with Crippen LogP contribution < -0.4 is 21.6 Å². The van der Waals surface area contributed by atoms with Crippen LogP contribution in [0.1, 0.15) is 29.9 Å². The molecule has 6 N–H and O–H groups in total. The molecule has 3 rings (SSSR count). The fraction of sp³-hybridized carbons (Fsp3) is 0.312. The lowest BCUT2D eigenvalue weighted by atomic mass is 9.90. The molecule has 10 heteroatoms. The number of nitrogens with zero attached hydrogens (tertiary/aromatic N) is 4. The number of hydrogen-bond acceptors (Lipinski definition) is 7. The van der Waals surface area contributed by atoms with Gasteiger partial charge in [0.25, 0.3) is 10.0 Å². The van der Waals surface area contributed by atoms with Gasteiger partial charge in [0.15, 0.2) is 10.9 Å². The molecule has 1 aliphatic rings. The molecule has 9 nitrogen and oxygen atoms in total. The number of hydrogen-bond donors (Lipinski definition) is 3. The van der Waals surface area contributed by atoms with Gasteiger partial charge in [-0.15, -0.1) is 0 Å². The van der Waals surface area contributed by atoms with Gasteiger partial charge in [-0.05, 0) is 36.5 Å². The van der Waals surface area contributed by atoms with E-state index in [1.807, 2.05) is 12.3 Å². The second-order valence-electron chi connectivity index (χ2n) is 6.12. The first kappa shape index (κ1) is 18.1. The van der Waals surface area contributed by atoms with Crippen molar-refractivity contribution in [3.05, 3.63) is 47.9 Å². The monoisotopic (exact) mass is 375 g/mol. The van der Waals surface area contributed by atoms with Crippen molar-refractivity contribution in [3.8, 4) is 0 Å². The SMILES string of the molecule is N/N=C(\N)c1c(N2CCC(c3cccnc3)CC2)ccnc1S(N)(=O)=O. The molecule has 0 amide bonds. The average Bonchev–Trinajstić information content (AvgIpc) is 2.67. The molecule has 0 aliphatic carbocycles. The summed E-state index contributed by atoms with van der Waals surface area (Å²) < 4.78 is 23.8.